The van der Waals surface area contributed by atoms with Crippen molar-refractivity contribution in [1.82, 2.24) is 0 Å². The number of ether oxygens (including phenoxy) is 1. The molecule has 0 spiro atoms. The maximum Gasteiger partial charge on any atom is 0.253 e. The molecular weight excluding hydrogens is 204 g/mol. The van der Waals surface area contributed by atoms with Gasteiger partial charge in [-0.05, 0) is 18.1 Å². The van der Waals surface area contributed by atoms with E-state index in [-0.39, 0.29) is 12.2 Å². The zero-order chi connectivity index (χ0) is 11.4. The van der Waals surface area contributed by atoms with E-state index in [2.05, 4.69) is 0 Å². The normalized spacial score (nSPS) is 12.9. The molecule has 5 heteroatoms. The van der Waals surface area contributed by atoms with Gasteiger partial charge in [-0.3, -0.25) is 0 Å². The second-order valence-corrected chi connectivity index (χ2v) is 3.20. The minimum atomic E-state index is -2.57. The molecule has 0 amide bonds. The molecule has 1 unspecified atom stereocenters. The summed E-state index contributed by atoms with van der Waals surface area (Å²) >= 11 is 0. The van der Waals surface area contributed by atoms with Crippen molar-refractivity contribution in [3.8, 4) is 11.5 Å². The number of benzene rings is 1. The third-order valence-corrected chi connectivity index (χ3v) is 2.05. The Morgan fingerprint density at radius 1 is 1.47 bits per heavy atom. The Bertz CT molecular complexity index is 331. The molecule has 0 aliphatic rings. The SMILES string of the molecule is COc1cc(O)ccc1CC(N)C(F)F. The number of methoxy groups -OCH3 is 1. The van der Waals surface area contributed by atoms with Crippen LogP contribution in [0.3, 0.4) is 0 Å². The molecule has 0 aliphatic heterocycles. The highest BCUT2D eigenvalue weighted by molar-refractivity contribution is 5.40. The predicted molar refractivity (Wildman–Crippen MR) is 52.3 cm³/mol. The van der Waals surface area contributed by atoms with Gasteiger partial charge in [-0.15, -0.1) is 0 Å². The third kappa shape index (κ3) is 3.06. The lowest BCUT2D eigenvalue weighted by Gasteiger charge is -2.13. The number of nitrogens with two attached hydrogens (primary N) is 1. The van der Waals surface area contributed by atoms with Crippen molar-refractivity contribution >= 4 is 0 Å². The van der Waals surface area contributed by atoms with Crippen molar-refractivity contribution < 1.29 is 18.6 Å². The molecule has 3 N–H and O–H groups in total. The smallest absolute Gasteiger partial charge is 0.253 e. The molecule has 1 rings (SSSR count). The molecule has 1 atom stereocenters. The third-order valence-electron chi connectivity index (χ3n) is 2.05. The highest BCUT2D eigenvalue weighted by Crippen LogP contribution is 2.25. The lowest BCUT2D eigenvalue weighted by molar-refractivity contribution is 0.115. The van der Waals surface area contributed by atoms with E-state index in [0.29, 0.717) is 11.3 Å². The summed E-state index contributed by atoms with van der Waals surface area (Å²) in [5.41, 5.74) is 5.80. The first kappa shape index (κ1) is 11.7. The van der Waals surface area contributed by atoms with E-state index in [0.717, 1.165) is 0 Å². The monoisotopic (exact) mass is 217 g/mol. The number of rotatable bonds is 4. The van der Waals surface area contributed by atoms with Crippen LogP contribution in [0.1, 0.15) is 5.56 Å². The van der Waals surface area contributed by atoms with Crippen LogP contribution in [0, 0.1) is 0 Å². The first-order valence-electron chi connectivity index (χ1n) is 4.44. The minimum absolute atomic E-state index is 0.0150. The maximum atomic E-state index is 12.2. The van der Waals surface area contributed by atoms with Crippen LogP contribution in [0.5, 0.6) is 11.5 Å². The molecule has 1 aromatic rings. The molecule has 0 bridgehead atoms. The molecule has 0 saturated heterocycles. The van der Waals surface area contributed by atoms with Gasteiger partial charge in [0.15, 0.2) is 0 Å². The van der Waals surface area contributed by atoms with E-state index >= 15 is 0 Å². The fourth-order valence-electron chi connectivity index (χ4n) is 1.24. The fraction of sp³-hybridized carbons (Fsp3) is 0.400. The summed E-state index contributed by atoms with van der Waals surface area (Å²) in [6.07, 6.45) is -2.55. The van der Waals surface area contributed by atoms with Gasteiger partial charge in [0.2, 0.25) is 0 Å². The lowest BCUT2D eigenvalue weighted by atomic mass is 10.1. The van der Waals surface area contributed by atoms with Crippen molar-refractivity contribution in [2.24, 2.45) is 5.73 Å². The number of aromatic hydroxyl groups is 1. The van der Waals surface area contributed by atoms with E-state index in [1.807, 2.05) is 0 Å². The molecule has 0 saturated carbocycles. The van der Waals surface area contributed by atoms with Gasteiger partial charge >= 0.3 is 0 Å². The predicted octanol–water partition coefficient (Wildman–Crippen LogP) is 1.54. The minimum Gasteiger partial charge on any atom is -0.508 e. The molecule has 0 fully saturated rings. The van der Waals surface area contributed by atoms with Crippen molar-refractivity contribution in [3.05, 3.63) is 23.8 Å². The largest absolute Gasteiger partial charge is 0.508 e. The second-order valence-electron chi connectivity index (χ2n) is 3.20. The lowest BCUT2D eigenvalue weighted by Crippen LogP contribution is -2.31. The molecule has 0 heterocycles. The first-order valence-corrected chi connectivity index (χ1v) is 4.44. The van der Waals surface area contributed by atoms with Crippen LogP contribution in [0.25, 0.3) is 0 Å². The fourth-order valence-corrected chi connectivity index (χ4v) is 1.24. The van der Waals surface area contributed by atoms with Crippen LogP contribution in [0.4, 0.5) is 8.78 Å². The van der Waals surface area contributed by atoms with E-state index in [1.165, 1.54) is 25.3 Å². The number of halogens is 2. The van der Waals surface area contributed by atoms with Gasteiger partial charge in [0.25, 0.3) is 6.43 Å². The van der Waals surface area contributed by atoms with Gasteiger partial charge in [-0.1, -0.05) is 6.07 Å². The van der Waals surface area contributed by atoms with E-state index in [4.69, 9.17) is 15.6 Å². The summed E-state index contributed by atoms with van der Waals surface area (Å²) in [5.74, 6) is 0.396. The summed E-state index contributed by atoms with van der Waals surface area (Å²) < 4.78 is 29.4. The molecule has 3 nitrogen and oxygen atoms in total. The van der Waals surface area contributed by atoms with E-state index in [1.54, 1.807) is 0 Å². The quantitative estimate of drug-likeness (QED) is 0.804. The van der Waals surface area contributed by atoms with Crippen LogP contribution in [-0.4, -0.2) is 24.7 Å². The molecule has 0 radical (unpaired) electrons. The average Bonchev–Trinajstić information content (AvgIpc) is 2.20. The summed E-state index contributed by atoms with van der Waals surface area (Å²) in [5, 5.41) is 9.15. The Kier molecular flexibility index (Phi) is 3.85. The van der Waals surface area contributed by atoms with Gasteiger partial charge in [0, 0.05) is 6.07 Å². The molecular formula is C10H13F2NO2. The Labute approximate surface area is 86.5 Å². The Hall–Kier alpha value is -1.36. The topological polar surface area (TPSA) is 55.5 Å². The standard InChI is InChI=1S/C10H13F2NO2/c1-15-9-5-7(14)3-2-6(9)4-8(13)10(11)12/h2-3,5,8,10,14H,4,13H2,1H3. The summed E-state index contributed by atoms with van der Waals surface area (Å²) in [6.45, 7) is 0. The van der Waals surface area contributed by atoms with Gasteiger partial charge in [-0.25, -0.2) is 8.78 Å². The molecule has 84 valence electrons. The molecule has 0 aromatic heterocycles. The van der Waals surface area contributed by atoms with Crippen molar-refractivity contribution in [3.63, 3.8) is 0 Å². The summed E-state index contributed by atoms with van der Waals surface area (Å²) in [4.78, 5) is 0. The van der Waals surface area contributed by atoms with Gasteiger partial charge in [0.1, 0.15) is 11.5 Å². The van der Waals surface area contributed by atoms with Crippen LogP contribution < -0.4 is 10.5 Å². The zero-order valence-corrected chi connectivity index (χ0v) is 8.28. The first-order chi connectivity index (χ1) is 7.04. The highest BCUT2D eigenvalue weighted by Gasteiger charge is 2.17. The van der Waals surface area contributed by atoms with Crippen LogP contribution in [0.15, 0.2) is 18.2 Å². The van der Waals surface area contributed by atoms with Crippen molar-refractivity contribution in [1.29, 1.82) is 0 Å². The second kappa shape index (κ2) is 4.93. The molecule has 1 aromatic carbocycles. The summed E-state index contributed by atoms with van der Waals surface area (Å²) in [7, 11) is 1.41. The zero-order valence-electron chi connectivity index (χ0n) is 8.28. The Morgan fingerprint density at radius 2 is 2.13 bits per heavy atom. The number of phenolic OH excluding ortho intramolecular Hbond substituents is 1. The van der Waals surface area contributed by atoms with Gasteiger partial charge < -0.3 is 15.6 Å². The number of hydrogen-bond acceptors (Lipinski definition) is 3. The maximum absolute atomic E-state index is 12.2. The van der Waals surface area contributed by atoms with E-state index < -0.39 is 12.5 Å². The van der Waals surface area contributed by atoms with Gasteiger partial charge in [-0.2, -0.15) is 0 Å². The van der Waals surface area contributed by atoms with Gasteiger partial charge in [0.05, 0.1) is 13.2 Å². The number of hydrogen-bond donors (Lipinski definition) is 2. The van der Waals surface area contributed by atoms with Crippen LogP contribution in [0.2, 0.25) is 0 Å². The van der Waals surface area contributed by atoms with E-state index in [9.17, 15) is 8.78 Å². The Balaban J connectivity index is 2.84. The van der Waals surface area contributed by atoms with Crippen LogP contribution >= 0.6 is 0 Å². The number of phenols is 1. The average molecular weight is 217 g/mol. The molecule has 15 heavy (non-hydrogen) atoms. The van der Waals surface area contributed by atoms with Crippen LogP contribution in [-0.2, 0) is 6.42 Å². The van der Waals surface area contributed by atoms with Crippen molar-refractivity contribution in [2.75, 3.05) is 7.11 Å². The summed E-state index contributed by atoms with van der Waals surface area (Å²) in [6, 6.07) is 3.09. The van der Waals surface area contributed by atoms with Crippen molar-refractivity contribution in [2.45, 2.75) is 18.9 Å². The Morgan fingerprint density at radius 3 is 2.67 bits per heavy atom. The highest BCUT2D eigenvalue weighted by atomic mass is 19.3. The number of alkyl halides is 2. The molecule has 0 aliphatic carbocycles.